The molecule has 1 fully saturated rings. The molecule has 1 unspecified atom stereocenters. The van der Waals surface area contributed by atoms with Crippen molar-refractivity contribution in [2.75, 3.05) is 27.3 Å². The number of amides is 1. The van der Waals surface area contributed by atoms with E-state index in [0.717, 1.165) is 16.2 Å². The number of nitrogens with zero attached hydrogens (tertiary/aromatic N) is 1. The molecule has 1 saturated heterocycles. The average molecular weight is 414 g/mol. The number of hydrogen-bond acceptors (Lipinski definition) is 5. The summed E-state index contributed by atoms with van der Waals surface area (Å²) in [7, 11) is 3.06. The fraction of sp³-hybridized carbons (Fsp3) is 0.391. The van der Waals surface area contributed by atoms with Crippen LogP contribution in [0.5, 0.6) is 5.75 Å². The van der Waals surface area contributed by atoms with E-state index in [1.54, 1.807) is 7.11 Å². The minimum Gasteiger partial charge on any atom is -0.497 e. The minimum absolute atomic E-state index is 0.0948. The Kier molecular flexibility index (Phi) is 6.85. The van der Waals surface area contributed by atoms with Crippen LogP contribution in [0.25, 0.3) is 0 Å². The molecule has 0 spiro atoms. The first-order valence-corrected chi connectivity index (χ1v) is 10.6. The number of hydrogen-bond donors (Lipinski definition) is 0. The van der Waals surface area contributed by atoms with Gasteiger partial charge in [-0.25, -0.2) is 0 Å². The largest absolute Gasteiger partial charge is 0.497 e. The summed E-state index contributed by atoms with van der Waals surface area (Å²) in [6, 6.07) is 17.5. The lowest BCUT2D eigenvalue weighted by Gasteiger charge is -2.40. The van der Waals surface area contributed by atoms with E-state index < -0.39 is 5.41 Å². The summed E-state index contributed by atoms with van der Waals surface area (Å²) in [6.07, 6.45) is 1.13. The van der Waals surface area contributed by atoms with Crippen LogP contribution in [-0.2, 0) is 19.7 Å². The average Bonchev–Trinajstić information content (AvgIpc) is 2.79. The van der Waals surface area contributed by atoms with E-state index in [0.29, 0.717) is 25.9 Å². The van der Waals surface area contributed by atoms with Gasteiger partial charge in [0.1, 0.15) is 5.75 Å². The van der Waals surface area contributed by atoms with Crippen molar-refractivity contribution in [1.82, 2.24) is 4.90 Å². The number of carbonyl (C=O) groups is 2. The Labute approximate surface area is 176 Å². The highest BCUT2D eigenvalue weighted by Gasteiger charge is 2.45. The third-order valence-electron chi connectivity index (χ3n) is 5.55. The Morgan fingerprint density at radius 1 is 1.00 bits per heavy atom. The molecule has 29 heavy (non-hydrogen) atoms. The summed E-state index contributed by atoms with van der Waals surface area (Å²) in [6.45, 7) is 3.00. The number of rotatable bonds is 6. The standard InChI is InChI=1S/C23H27NO4S/c1-17(29-20-11-9-19(27-2)10-12-20)21(25)24-15-13-23(14-16-24,22(26)28-3)18-7-5-4-6-8-18/h4-12,17H,13-16H2,1-3H3. The van der Waals surface area contributed by atoms with Crippen LogP contribution in [0.1, 0.15) is 25.3 Å². The number of benzene rings is 2. The van der Waals surface area contributed by atoms with Crippen molar-refractivity contribution >= 4 is 23.6 Å². The zero-order chi connectivity index (χ0) is 20.9. The first-order chi connectivity index (χ1) is 14.0. The Bertz CT molecular complexity index is 830. The van der Waals surface area contributed by atoms with Crippen LogP contribution < -0.4 is 4.74 Å². The number of carbonyl (C=O) groups excluding carboxylic acids is 2. The molecule has 5 nitrogen and oxygen atoms in total. The highest BCUT2D eigenvalue weighted by molar-refractivity contribution is 8.00. The molecule has 1 aliphatic rings. The fourth-order valence-corrected chi connectivity index (χ4v) is 4.79. The third-order valence-corrected chi connectivity index (χ3v) is 6.65. The predicted octanol–water partition coefficient (Wildman–Crippen LogP) is 3.91. The van der Waals surface area contributed by atoms with E-state index in [-0.39, 0.29) is 17.1 Å². The zero-order valence-electron chi connectivity index (χ0n) is 17.1. The van der Waals surface area contributed by atoms with Crippen LogP contribution in [0.3, 0.4) is 0 Å². The number of likely N-dealkylation sites (tertiary alicyclic amines) is 1. The molecule has 154 valence electrons. The van der Waals surface area contributed by atoms with E-state index >= 15 is 0 Å². The van der Waals surface area contributed by atoms with Gasteiger partial charge in [0.05, 0.1) is 24.9 Å². The lowest BCUT2D eigenvalue weighted by atomic mass is 9.72. The monoisotopic (exact) mass is 413 g/mol. The molecule has 3 rings (SSSR count). The highest BCUT2D eigenvalue weighted by Crippen LogP contribution is 2.37. The summed E-state index contributed by atoms with van der Waals surface area (Å²) >= 11 is 1.53. The maximum atomic E-state index is 13.0. The lowest BCUT2D eigenvalue weighted by molar-refractivity contribution is -0.151. The Hall–Kier alpha value is -2.47. The first-order valence-electron chi connectivity index (χ1n) is 9.73. The second kappa shape index (κ2) is 9.35. The van der Waals surface area contributed by atoms with Gasteiger partial charge in [0, 0.05) is 18.0 Å². The van der Waals surface area contributed by atoms with Crippen molar-refractivity contribution in [2.45, 2.75) is 35.3 Å². The molecule has 0 radical (unpaired) electrons. The number of esters is 1. The van der Waals surface area contributed by atoms with Crippen LogP contribution in [0.15, 0.2) is 59.5 Å². The Morgan fingerprint density at radius 3 is 2.17 bits per heavy atom. The van der Waals surface area contributed by atoms with Crippen LogP contribution in [-0.4, -0.2) is 49.3 Å². The smallest absolute Gasteiger partial charge is 0.316 e. The quantitative estimate of drug-likeness (QED) is 0.531. The second-order valence-electron chi connectivity index (χ2n) is 7.20. The van der Waals surface area contributed by atoms with Crippen LogP contribution in [0, 0.1) is 0 Å². The number of piperidine rings is 1. The summed E-state index contributed by atoms with van der Waals surface area (Å²) in [5, 5.41) is -0.203. The van der Waals surface area contributed by atoms with Crippen LogP contribution in [0.4, 0.5) is 0 Å². The topological polar surface area (TPSA) is 55.8 Å². The zero-order valence-corrected chi connectivity index (χ0v) is 17.9. The normalized spacial score (nSPS) is 16.7. The van der Waals surface area contributed by atoms with Crippen molar-refractivity contribution < 1.29 is 19.1 Å². The van der Waals surface area contributed by atoms with Crippen molar-refractivity contribution in [3.63, 3.8) is 0 Å². The highest BCUT2D eigenvalue weighted by atomic mass is 32.2. The van der Waals surface area contributed by atoms with E-state index in [1.807, 2.05) is 66.4 Å². The van der Waals surface area contributed by atoms with E-state index in [9.17, 15) is 9.59 Å². The maximum absolute atomic E-state index is 13.0. The van der Waals surface area contributed by atoms with Gasteiger partial charge >= 0.3 is 5.97 Å². The Balaban J connectivity index is 1.66. The van der Waals surface area contributed by atoms with Crippen LogP contribution >= 0.6 is 11.8 Å². The summed E-state index contributed by atoms with van der Waals surface area (Å²) < 4.78 is 10.3. The van der Waals surface area contributed by atoms with Gasteiger partial charge in [-0.15, -0.1) is 11.8 Å². The molecule has 2 aromatic carbocycles. The molecule has 0 aromatic heterocycles. The molecule has 2 aromatic rings. The van der Waals surface area contributed by atoms with E-state index in [4.69, 9.17) is 9.47 Å². The molecular formula is C23H27NO4S. The summed E-state index contributed by atoms with van der Waals surface area (Å²) in [4.78, 5) is 28.5. The molecule has 1 heterocycles. The second-order valence-corrected chi connectivity index (χ2v) is 8.61. The van der Waals surface area contributed by atoms with Crippen molar-refractivity contribution in [3.05, 3.63) is 60.2 Å². The SMILES string of the molecule is COC(=O)C1(c2ccccc2)CCN(C(=O)C(C)Sc2ccc(OC)cc2)CC1. The number of ether oxygens (including phenoxy) is 2. The van der Waals surface area contributed by atoms with Gasteiger partial charge in [0.15, 0.2) is 0 Å². The van der Waals surface area contributed by atoms with Crippen molar-refractivity contribution in [3.8, 4) is 5.75 Å². The first kappa shape index (κ1) is 21.2. The minimum atomic E-state index is -0.681. The van der Waals surface area contributed by atoms with Crippen molar-refractivity contribution in [1.29, 1.82) is 0 Å². The van der Waals surface area contributed by atoms with Gasteiger partial charge in [-0.05, 0) is 49.6 Å². The van der Waals surface area contributed by atoms with Gasteiger partial charge in [-0.1, -0.05) is 30.3 Å². The molecule has 1 amide bonds. The predicted molar refractivity (Wildman–Crippen MR) is 114 cm³/mol. The number of methoxy groups -OCH3 is 2. The van der Waals surface area contributed by atoms with Gasteiger partial charge in [-0.3, -0.25) is 9.59 Å². The van der Waals surface area contributed by atoms with Gasteiger partial charge < -0.3 is 14.4 Å². The number of thioether (sulfide) groups is 1. The summed E-state index contributed by atoms with van der Waals surface area (Å²) in [5.74, 6) is 0.665. The maximum Gasteiger partial charge on any atom is 0.316 e. The molecule has 6 heteroatoms. The molecule has 0 bridgehead atoms. The molecule has 1 atom stereocenters. The molecule has 1 aliphatic heterocycles. The molecule has 0 saturated carbocycles. The van der Waals surface area contributed by atoms with Crippen molar-refractivity contribution in [2.24, 2.45) is 0 Å². The lowest BCUT2D eigenvalue weighted by Crippen LogP contribution is -2.50. The molecule has 0 N–H and O–H groups in total. The fourth-order valence-electron chi connectivity index (χ4n) is 3.84. The molecular weight excluding hydrogens is 386 g/mol. The van der Waals surface area contributed by atoms with Gasteiger partial charge in [0.2, 0.25) is 5.91 Å². The van der Waals surface area contributed by atoms with Gasteiger partial charge in [-0.2, -0.15) is 0 Å². The Morgan fingerprint density at radius 2 is 1.62 bits per heavy atom. The molecule has 0 aliphatic carbocycles. The summed E-state index contributed by atoms with van der Waals surface area (Å²) in [5.41, 5.74) is 0.277. The van der Waals surface area contributed by atoms with Crippen LogP contribution in [0.2, 0.25) is 0 Å². The third kappa shape index (κ3) is 4.58. The van der Waals surface area contributed by atoms with E-state index in [2.05, 4.69) is 0 Å². The van der Waals surface area contributed by atoms with E-state index in [1.165, 1.54) is 18.9 Å². The van der Waals surface area contributed by atoms with Gasteiger partial charge in [0.25, 0.3) is 0 Å².